The normalized spacial score (nSPS) is 13.7. The SMILES string of the molecule is CC(C)(C)OC(=O)NCCC(O)C(O)c1ccc(-c2ccccc2)cc1. The van der Waals surface area contributed by atoms with Gasteiger partial charge in [-0.25, -0.2) is 4.79 Å². The maximum atomic E-state index is 11.6. The molecule has 0 aliphatic rings. The zero-order chi connectivity index (χ0) is 19.2. The lowest BCUT2D eigenvalue weighted by Crippen LogP contribution is -2.34. The van der Waals surface area contributed by atoms with Crippen molar-refractivity contribution in [2.75, 3.05) is 6.54 Å². The molecule has 2 rings (SSSR count). The third-order valence-corrected chi connectivity index (χ3v) is 3.83. The van der Waals surface area contributed by atoms with Gasteiger partial charge in [-0.05, 0) is 43.9 Å². The molecule has 0 aliphatic heterocycles. The number of benzene rings is 2. The molecule has 1 amide bonds. The first-order chi connectivity index (χ1) is 12.3. The van der Waals surface area contributed by atoms with Crippen LogP contribution in [0.4, 0.5) is 4.79 Å². The second kappa shape index (κ2) is 8.83. The van der Waals surface area contributed by atoms with Crippen LogP contribution in [-0.2, 0) is 4.74 Å². The number of aliphatic hydroxyl groups is 2. The van der Waals surface area contributed by atoms with Crippen molar-refractivity contribution in [1.82, 2.24) is 5.32 Å². The minimum atomic E-state index is -1.01. The average Bonchev–Trinajstić information content (AvgIpc) is 2.60. The van der Waals surface area contributed by atoms with Crippen molar-refractivity contribution in [2.24, 2.45) is 0 Å². The first-order valence-electron chi connectivity index (χ1n) is 8.74. The molecule has 0 aliphatic carbocycles. The van der Waals surface area contributed by atoms with Crippen LogP contribution in [0.1, 0.15) is 38.9 Å². The van der Waals surface area contributed by atoms with Crippen molar-refractivity contribution >= 4 is 6.09 Å². The maximum absolute atomic E-state index is 11.6. The molecule has 0 bridgehead atoms. The Labute approximate surface area is 154 Å². The minimum Gasteiger partial charge on any atom is -0.444 e. The summed E-state index contributed by atoms with van der Waals surface area (Å²) in [5.74, 6) is 0. The van der Waals surface area contributed by atoms with Crippen LogP contribution in [0.5, 0.6) is 0 Å². The molecular formula is C21H27NO4. The van der Waals surface area contributed by atoms with Crippen LogP contribution in [0.25, 0.3) is 11.1 Å². The summed E-state index contributed by atoms with van der Waals surface area (Å²) in [6.07, 6.45) is -2.31. The number of rotatable bonds is 6. The molecule has 2 atom stereocenters. The van der Waals surface area contributed by atoms with Gasteiger partial charge in [0.05, 0.1) is 6.10 Å². The molecule has 3 N–H and O–H groups in total. The van der Waals surface area contributed by atoms with Gasteiger partial charge < -0.3 is 20.3 Å². The van der Waals surface area contributed by atoms with Gasteiger partial charge in [-0.15, -0.1) is 0 Å². The number of carbonyl (C=O) groups excluding carboxylic acids is 1. The quantitative estimate of drug-likeness (QED) is 0.737. The maximum Gasteiger partial charge on any atom is 0.407 e. The highest BCUT2D eigenvalue weighted by Gasteiger charge is 2.20. The number of amides is 1. The molecule has 2 unspecified atom stereocenters. The van der Waals surface area contributed by atoms with Gasteiger partial charge in [-0.3, -0.25) is 0 Å². The van der Waals surface area contributed by atoms with Crippen LogP contribution in [-0.4, -0.2) is 34.6 Å². The van der Waals surface area contributed by atoms with E-state index in [1.165, 1.54) is 0 Å². The van der Waals surface area contributed by atoms with E-state index in [1.807, 2.05) is 42.5 Å². The summed E-state index contributed by atoms with van der Waals surface area (Å²) in [6, 6.07) is 17.4. The molecular weight excluding hydrogens is 330 g/mol. The van der Waals surface area contributed by atoms with Crippen molar-refractivity contribution in [3.8, 4) is 11.1 Å². The highest BCUT2D eigenvalue weighted by Crippen LogP contribution is 2.24. The third kappa shape index (κ3) is 6.17. The van der Waals surface area contributed by atoms with Gasteiger partial charge >= 0.3 is 6.09 Å². The van der Waals surface area contributed by atoms with Gasteiger partial charge in [0.15, 0.2) is 0 Å². The van der Waals surface area contributed by atoms with Gasteiger partial charge in [0.1, 0.15) is 11.7 Å². The molecule has 0 fully saturated rings. The fraction of sp³-hybridized carbons (Fsp3) is 0.381. The van der Waals surface area contributed by atoms with Crippen molar-refractivity contribution < 1.29 is 19.7 Å². The predicted molar refractivity (Wildman–Crippen MR) is 102 cm³/mol. The van der Waals surface area contributed by atoms with Crippen LogP contribution in [0.15, 0.2) is 54.6 Å². The average molecular weight is 357 g/mol. The van der Waals surface area contributed by atoms with Crippen molar-refractivity contribution in [3.05, 3.63) is 60.2 Å². The molecule has 2 aromatic carbocycles. The van der Waals surface area contributed by atoms with E-state index in [9.17, 15) is 15.0 Å². The Morgan fingerprint density at radius 2 is 1.58 bits per heavy atom. The summed E-state index contributed by atoms with van der Waals surface area (Å²) in [6.45, 7) is 5.56. The van der Waals surface area contributed by atoms with E-state index in [0.717, 1.165) is 11.1 Å². The Balaban J connectivity index is 1.86. The number of alkyl carbamates (subject to hydrolysis) is 1. The monoisotopic (exact) mass is 357 g/mol. The fourth-order valence-electron chi connectivity index (χ4n) is 2.52. The molecule has 26 heavy (non-hydrogen) atoms. The molecule has 140 valence electrons. The molecule has 0 saturated heterocycles. The summed E-state index contributed by atoms with van der Waals surface area (Å²) in [5.41, 5.74) is 2.20. The van der Waals surface area contributed by atoms with Gasteiger partial charge in [0.25, 0.3) is 0 Å². The molecule has 0 aromatic heterocycles. The molecule has 0 spiro atoms. The van der Waals surface area contributed by atoms with E-state index in [-0.39, 0.29) is 13.0 Å². The molecule has 5 nitrogen and oxygen atoms in total. The van der Waals surface area contributed by atoms with Crippen molar-refractivity contribution in [2.45, 2.75) is 45.0 Å². The van der Waals surface area contributed by atoms with Crippen LogP contribution in [0.3, 0.4) is 0 Å². The smallest absolute Gasteiger partial charge is 0.407 e. The second-order valence-corrected chi connectivity index (χ2v) is 7.22. The van der Waals surface area contributed by atoms with Crippen LogP contribution < -0.4 is 5.32 Å². The molecule has 0 radical (unpaired) electrons. The zero-order valence-electron chi connectivity index (χ0n) is 15.5. The zero-order valence-corrected chi connectivity index (χ0v) is 15.5. The Hall–Kier alpha value is -2.37. The van der Waals surface area contributed by atoms with Crippen LogP contribution in [0, 0.1) is 0 Å². The Kier molecular flexibility index (Phi) is 6.77. The number of aliphatic hydroxyl groups excluding tert-OH is 2. The predicted octanol–water partition coefficient (Wildman–Crippen LogP) is 3.66. The number of carbonyl (C=O) groups is 1. The minimum absolute atomic E-state index is 0.217. The van der Waals surface area contributed by atoms with Gasteiger partial charge in [-0.2, -0.15) is 0 Å². The molecule has 0 heterocycles. The first-order valence-corrected chi connectivity index (χ1v) is 8.74. The number of hydrogen-bond acceptors (Lipinski definition) is 4. The number of ether oxygens (including phenoxy) is 1. The van der Waals surface area contributed by atoms with E-state index in [2.05, 4.69) is 5.32 Å². The first kappa shape index (κ1) is 19.9. The third-order valence-electron chi connectivity index (χ3n) is 3.83. The van der Waals surface area contributed by atoms with E-state index in [1.54, 1.807) is 32.9 Å². The fourth-order valence-corrected chi connectivity index (χ4v) is 2.52. The van der Waals surface area contributed by atoms with E-state index < -0.39 is 23.9 Å². The van der Waals surface area contributed by atoms with Crippen LogP contribution in [0.2, 0.25) is 0 Å². The van der Waals surface area contributed by atoms with E-state index >= 15 is 0 Å². The Morgan fingerprint density at radius 1 is 1.00 bits per heavy atom. The van der Waals surface area contributed by atoms with Gasteiger partial charge in [0, 0.05) is 6.54 Å². The topological polar surface area (TPSA) is 78.8 Å². The van der Waals surface area contributed by atoms with Gasteiger partial charge in [0.2, 0.25) is 0 Å². The summed E-state index contributed by atoms with van der Waals surface area (Å²) in [4.78, 5) is 11.6. The van der Waals surface area contributed by atoms with Crippen molar-refractivity contribution in [1.29, 1.82) is 0 Å². The molecule has 0 saturated carbocycles. The standard InChI is InChI=1S/C21H27NO4/c1-21(2,3)26-20(25)22-14-13-18(23)19(24)17-11-9-16(10-12-17)15-7-5-4-6-8-15/h4-12,18-19,23-24H,13-14H2,1-3H3,(H,22,25). The number of hydrogen-bond donors (Lipinski definition) is 3. The van der Waals surface area contributed by atoms with E-state index in [0.29, 0.717) is 5.56 Å². The summed E-state index contributed by atoms with van der Waals surface area (Å²) < 4.78 is 5.13. The van der Waals surface area contributed by atoms with E-state index in [4.69, 9.17) is 4.74 Å². The Morgan fingerprint density at radius 3 is 2.15 bits per heavy atom. The lowest BCUT2D eigenvalue weighted by atomic mass is 9.98. The highest BCUT2D eigenvalue weighted by atomic mass is 16.6. The summed E-state index contributed by atoms with van der Waals surface area (Å²) in [5, 5.41) is 23.0. The van der Waals surface area contributed by atoms with Crippen LogP contribution >= 0.6 is 0 Å². The van der Waals surface area contributed by atoms with Crippen molar-refractivity contribution in [3.63, 3.8) is 0 Å². The lowest BCUT2D eigenvalue weighted by Gasteiger charge is -2.21. The molecule has 2 aromatic rings. The largest absolute Gasteiger partial charge is 0.444 e. The summed E-state index contributed by atoms with van der Waals surface area (Å²) in [7, 11) is 0. The molecule has 5 heteroatoms. The number of nitrogens with one attached hydrogen (secondary N) is 1. The van der Waals surface area contributed by atoms with Gasteiger partial charge in [-0.1, -0.05) is 54.6 Å². The highest BCUT2D eigenvalue weighted by molar-refractivity contribution is 5.67. The Bertz CT molecular complexity index is 692. The lowest BCUT2D eigenvalue weighted by molar-refractivity contribution is 0.0123. The summed E-state index contributed by atoms with van der Waals surface area (Å²) >= 11 is 0. The second-order valence-electron chi connectivity index (χ2n) is 7.22.